The lowest BCUT2D eigenvalue weighted by Gasteiger charge is -2.42. The van der Waals surface area contributed by atoms with Gasteiger partial charge in [0.1, 0.15) is 0 Å². The van der Waals surface area contributed by atoms with E-state index in [1.54, 1.807) is 0 Å². The second kappa shape index (κ2) is 6.36. The van der Waals surface area contributed by atoms with Gasteiger partial charge in [-0.2, -0.15) is 0 Å². The molecule has 0 bridgehead atoms. The number of likely N-dealkylation sites (tertiary alicyclic amines) is 1. The Morgan fingerprint density at radius 2 is 2.00 bits per heavy atom. The van der Waals surface area contributed by atoms with E-state index in [9.17, 15) is 5.11 Å². The predicted molar refractivity (Wildman–Crippen MR) is 75.7 cm³/mol. The molecule has 1 heterocycles. The standard InChI is InChI=1S/C15H30N2O/c1-3-16-14-7-10-17(11-13(14)2)12-15(18)8-5-4-6-9-15/h13-14,16,18H,3-12H2,1-2H3. The average molecular weight is 254 g/mol. The number of rotatable bonds is 4. The van der Waals surface area contributed by atoms with Gasteiger partial charge in [-0.15, -0.1) is 0 Å². The summed E-state index contributed by atoms with van der Waals surface area (Å²) >= 11 is 0. The predicted octanol–water partition coefficient (Wildman–Crippen LogP) is 2.00. The molecule has 0 amide bonds. The van der Waals surface area contributed by atoms with E-state index in [0.29, 0.717) is 12.0 Å². The van der Waals surface area contributed by atoms with E-state index < -0.39 is 0 Å². The lowest BCUT2D eigenvalue weighted by molar-refractivity contribution is -0.0361. The second-order valence-electron chi connectivity index (χ2n) is 6.45. The van der Waals surface area contributed by atoms with Crippen molar-refractivity contribution in [3.63, 3.8) is 0 Å². The zero-order chi connectivity index (χ0) is 13.0. The molecule has 1 saturated heterocycles. The Bertz CT molecular complexity index is 251. The maximum absolute atomic E-state index is 10.6. The summed E-state index contributed by atoms with van der Waals surface area (Å²) in [4.78, 5) is 2.49. The first-order valence-electron chi connectivity index (χ1n) is 7.81. The third-order valence-electron chi connectivity index (χ3n) is 4.76. The summed E-state index contributed by atoms with van der Waals surface area (Å²) in [5, 5.41) is 14.2. The number of piperidine rings is 1. The highest BCUT2D eigenvalue weighted by molar-refractivity contribution is 4.89. The molecule has 3 nitrogen and oxygen atoms in total. The van der Waals surface area contributed by atoms with Crippen LogP contribution in [0.25, 0.3) is 0 Å². The Kier molecular flexibility index (Phi) is 5.05. The molecule has 1 aliphatic carbocycles. The molecule has 1 aliphatic heterocycles. The minimum Gasteiger partial charge on any atom is -0.389 e. The molecular weight excluding hydrogens is 224 g/mol. The van der Waals surface area contributed by atoms with Crippen LogP contribution in [0.1, 0.15) is 52.4 Å². The molecular formula is C15H30N2O. The fraction of sp³-hybridized carbons (Fsp3) is 1.00. The third-order valence-corrected chi connectivity index (χ3v) is 4.76. The average Bonchev–Trinajstić information content (AvgIpc) is 2.33. The van der Waals surface area contributed by atoms with E-state index >= 15 is 0 Å². The van der Waals surface area contributed by atoms with Crippen LogP contribution >= 0.6 is 0 Å². The van der Waals surface area contributed by atoms with Crippen molar-refractivity contribution >= 4 is 0 Å². The van der Waals surface area contributed by atoms with E-state index in [1.807, 2.05) is 0 Å². The molecule has 2 atom stereocenters. The molecule has 2 fully saturated rings. The first-order valence-corrected chi connectivity index (χ1v) is 7.81. The highest BCUT2D eigenvalue weighted by Gasteiger charge is 2.34. The van der Waals surface area contributed by atoms with Crippen LogP contribution in [0.4, 0.5) is 0 Å². The molecule has 2 aliphatic rings. The van der Waals surface area contributed by atoms with Crippen LogP contribution in [-0.4, -0.2) is 47.8 Å². The van der Waals surface area contributed by atoms with Crippen molar-refractivity contribution in [1.82, 2.24) is 10.2 Å². The van der Waals surface area contributed by atoms with Gasteiger partial charge in [-0.1, -0.05) is 33.1 Å². The van der Waals surface area contributed by atoms with Crippen molar-refractivity contribution in [2.45, 2.75) is 64.0 Å². The van der Waals surface area contributed by atoms with Crippen LogP contribution in [0.2, 0.25) is 0 Å². The highest BCUT2D eigenvalue weighted by atomic mass is 16.3. The summed E-state index contributed by atoms with van der Waals surface area (Å²) in [5.74, 6) is 0.700. The van der Waals surface area contributed by atoms with Crippen LogP contribution in [0.5, 0.6) is 0 Å². The molecule has 3 heteroatoms. The van der Waals surface area contributed by atoms with E-state index in [1.165, 1.54) is 25.7 Å². The van der Waals surface area contributed by atoms with Gasteiger partial charge in [-0.25, -0.2) is 0 Å². The molecule has 18 heavy (non-hydrogen) atoms. The minimum atomic E-state index is -0.386. The quantitative estimate of drug-likeness (QED) is 0.805. The van der Waals surface area contributed by atoms with Gasteiger partial charge in [0.2, 0.25) is 0 Å². The monoisotopic (exact) mass is 254 g/mol. The van der Waals surface area contributed by atoms with Gasteiger partial charge < -0.3 is 15.3 Å². The maximum Gasteiger partial charge on any atom is 0.0774 e. The van der Waals surface area contributed by atoms with Crippen molar-refractivity contribution in [3.05, 3.63) is 0 Å². The van der Waals surface area contributed by atoms with Gasteiger partial charge in [0, 0.05) is 19.1 Å². The minimum absolute atomic E-state index is 0.386. The SMILES string of the molecule is CCNC1CCN(CC2(O)CCCCC2)CC1C. The lowest BCUT2D eigenvalue weighted by atomic mass is 9.83. The Balaban J connectivity index is 1.81. The Morgan fingerprint density at radius 3 is 2.61 bits per heavy atom. The van der Waals surface area contributed by atoms with Crippen molar-refractivity contribution in [3.8, 4) is 0 Å². The van der Waals surface area contributed by atoms with Gasteiger partial charge in [-0.3, -0.25) is 0 Å². The number of β-amino-alcohol motifs (C(OH)–C–C–N with tert-alkyl or cyclic N) is 1. The fourth-order valence-electron chi connectivity index (χ4n) is 3.73. The van der Waals surface area contributed by atoms with Gasteiger partial charge in [0.05, 0.1) is 5.60 Å². The van der Waals surface area contributed by atoms with E-state index in [2.05, 4.69) is 24.1 Å². The topological polar surface area (TPSA) is 35.5 Å². The number of hydrogen-bond acceptors (Lipinski definition) is 3. The molecule has 0 aromatic carbocycles. The van der Waals surface area contributed by atoms with Crippen LogP contribution < -0.4 is 5.32 Å². The first-order chi connectivity index (χ1) is 8.63. The molecule has 0 radical (unpaired) electrons. The zero-order valence-corrected chi connectivity index (χ0v) is 12.1. The summed E-state index contributed by atoms with van der Waals surface area (Å²) < 4.78 is 0. The smallest absolute Gasteiger partial charge is 0.0774 e. The van der Waals surface area contributed by atoms with E-state index in [-0.39, 0.29) is 5.60 Å². The van der Waals surface area contributed by atoms with Crippen molar-refractivity contribution < 1.29 is 5.11 Å². The molecule has 106 valence electrons. The van der Waals surface area contributed by atoms with Crippen LogP contribution in [0.15, 0.2) is 0 Å². The number of nitrogens with one attached hydrogen (secondary N) is 1. The highest BCUT2D eigenvalue weighted by Crippen LogP contribution is 2.30. The largest absolute Gasteiger partial charge is 0.389 e. The molecule has 2 unspecified atom stereocenters. The maximum atomic E-state index is 10.6. The summed E-state index contributed by atoms with van der Waals surface area (Å²) in [6.45, 7) is 8.77. The van der Waals surface area contributed by atoms with Gasteiger partial charge in [-0.05, 0) is 38.3 Å². The van der Waals surface area contributed by atoms with Gasteiger partial charge >= 0.3 is 0 Å². The number of nitrogens with zero attached hydrogens (tertiary/aromatic N) is 1. The molecule has 0 spiro atoms. The number of aliphatic hydroxyl groups is 1. The molecule has 1 saturated carbocycles. The molecule has 0 aromatic rings. The summed E-state index contributed by atoms with van der Waals surface area (Å²) in [7, 11) is 0. The van der Waals surface area contributed by atoms with Crippen LogP contribution in [0, 0.1) is 5.92 Å². The van der Waals surface area contributed by atoms with Crippen LogP contribution in [0.3, 0.4) is 0 Å². The molecule has 0 aromatic heterocycles. The Labute approximate surface area is 112 Å². The first kappa shape index (κ1) is 14.3. The fourth-order valence-corrected chi connectivity index (χ4v) is 3.73. The van der Waals surface area contributed by atoms with Crippen LogP contribution in [-0.2, 0) is 0 Å². The summed E-state index contributed by atoms with van der Waals surface area (Å²) in [6.07, 6.45) is 6.97. The molecule has 2 rings (SSSR count). The Morgan fingerprint density at radius 1 is 1.28 bits per heavy atom. The van der Waals surface area contributed by atoms with Gasteiger partial charge in [0.25, 0.3) is 0 Å². The number of hydrogen-bond donors (Lipinski definition) is 2. The van der Waals surface area contributed by atoms with Gasteiger partial charge in [0.15, 0.2) is 0 Å². The second-order valence-corrected chi connectivity index (χ2v) is 6.45. The van der Waals surface area contributed by atoms with Crippen molar-refractivity contribution in [2.24, 2.45) is 5.92 Å². The zero-order valence-electron chi connectivity index (χ0n) is 12.1. The Hall–Kier alpha value is -0.120. The lowest BCUT2D eigenvalue weighted by Crippen LogP contribution is -2.53. The van der Waals surface area contributed by atoms with Crippen molar-refractivity contribution in [1.29, 1.82) is 0 Å². The molecule has 2 N–H and O–H groups in total. The van der Waals surface area contributed by atoms with Crippen molar-refractivity contribution in [2.75, 3.05) is 26.2 Å². The van der Waals surface area contributed by atoms with E-state index in [4.69, 9.17) is 0 Å². The summed E-state index contributed by atoms with van der Waals surface area (Å²) in [6, 6.07) is 0.673. The third kappa shape index (κ3) is 3.69. The van der Waals surface area contributed by atoms with E-state index in [0.717, 1.165) is 39.0 Å². The summed E-state index contributed by atoms with van der Waals surface area (Å²) in [5.41, 5.74) is -0.386. The normalized spacial score (nSPS) is 33.5.